The molecule has 0 aliphatic heterocycles. The molecule has 19 heavy (non-hydrogen) atoms. The number of rotatable bonds is 3. The molecule has 1 aromatic heterocycles. The van der Waals surface area contributed by atoms with Gasteiger partial charge in [0.05, 0.1) is 5.69 Å². The van der Waals surface area contributed by atoms with Crippen LogP contribution >= 0.6 is 0 Å². The minimum Gasteiger partial charge on any atom is -0.393 e. The summed E-state index contributed by atoms with van der Waals surface area (Å²) in [5, 5.41) is 2.77. The smallest absolute Gasteiger partial charge is 0.294 e. The van der Waals surface area contributed by atoms with Crippen LogP contribution in [0.1, 0.15) is 19.5 Å². The van der Waals surface area contributed by atoms with Gasteiger partial charge in [0, 0.05) is 6.07 Å². The standard InChI is InChI=1S/C13H15F2N3O/c1-7(2)5-10-12(16)13(19)18(17-10)11-4-3-8(14)6-9(11)15/h3-4,6-7,17H,5,16H2,1-2H3. The Labute approximate surface area is 108 Å². The summed E-state index contributed by atoms with van der Waals surface area (Å²) in [7, 11) is 0. The van der Waals surface area contributed by atoms with E-state index in [1.807, 2.05) is 13.8 Å². The molecule has 0 atom stereocenters. The Morgan fingerprint density at radius 2 is 2.05 bits per heavy atom. The van der Waals surface area contributed by atoms with Crippen LogP contribution in [0.25, 0.3) is 5.69 Å². The predicted molar refractivity (Wildman–Crippen MR) is 69.3 cm³/mol. The molecule has 0 bridgehead atoms. The van der Waals surface area contributed by atoms with Gasteiger partial charge in [0.25, 0.3) is 5.56 Å². The van der Waals surface area contributed by atoms with E-state index in [1.165, 1.54) is 6.07 Å². The number of benzene rings is 1. The van der Waals surface area contributed by atoms with Gasteiger partial charge in [0.15, 0.2) is 5.82 Å². The van der Waals surface area contributed by atoms with Gasteiger partial charge < -0.3 is 5.73 Å². The molecule has 2 aromatic rings. The van der Waals surface area contributed by atoms with Crippen LogP contribution in [0.4, 0.5) is 14.5 Å². The first-order valence-electron chi connectivity index (χ1n) is 5.95. The SMILES string of the molecule is CC(C)Cc1[nH]n(-c2ccc(F)cc2F)c(=O)c1N. The number of aromatic amines is 1. The Bertz CT molecular complexity index is 658. The Morgan fingerprint density at radius 1 is 1.37 bits per heavy atom. The number of anilines is 1. The number of nitrogens with one attached hydrogen (secondary N) is 1. The summed E-state index contributed by atoms with van der Waals surface area (Å²) in [6, 6.07) is 3.01. The van der Waals surface area contributed by atoms with E-state index in [0.29, 0.717) is 18.0 Å². The van der Waals surface area contributed by atoms with Crippen molar-refractivity contribution in [2.45, 2.75) is 20.3 Å². The van der Waals surface area contributed by atoms with E-state index < -0.39 is 17.2 Å². The fraction of sp³-hybridized carbons (Fsp3) is 0.308. The highest BCUT2D eigenvalue weighted by atomic mass is 19.1. The first-order valence-corrected chi connectivity index (χ1v) is 5.95. The zero-order valence-electron chi connectivity index (χ0n) is 10.7. The maximum Gasteiger partial charge on any atom is 0.294 e. The Balaban J connectivity index is 2.54. The van der Waals surface area contributed by atoms with Gasteiger partial charge in [-0.1, -0.05) is 13.8 Å². The summed E-state index contributed by atoms with van der Waals surface area (Å²) in [6.07, 6.45) is 0.580. The molecular weight excluding hydrogens is 252 g/mol. The van der Waals surface area contributed by atoms with Gasteiger partial charge in [-0.3, -0.25) is 9.89 Å². The van der Waals surface area contributed by atoms with E-state index >= 15 is 0 Å². The zero-order chi connectivity index (χ0) is 14.2. The van der Waals surface area contributed by atoms with Crippen molar-refractivity contribution in [1.82, 2.24) is 9.78 Å². The van der Waals surface area contributed by atoms with Crippen molar-refractivity contribution in [3.8, 4) is 5.69 Å². The third kappa shape index (κ3) is 2.52. The van der Waals surface area contributed by atoms with Crippen LogP contribution in [0.2, 0.25) is 0 Å². The number of nitrogens with two attached hydrogens (primary N) is 1. The van der Waals surface area contributed by atoms with Crippen molar-refractivity contribution >= 4 is 5.69 Å². The highest BCUT2D eigenvalue weighted by molar-refractivity contribution is 5.45. The lowest BCUT2D eigenvalue weighted by molar-refractivity contribution is 0.570. The summed E-state index contributed by atoms with van der Waals surface area (Å²) < 4.78 is 27.5. The molecule has 1 heterocycles. The van der Waals surface area contributed by atoms with E-state index in [1.54, 1.807) is 0 Å². The molecule has 2 rings (SSSR count). The second-order valence-electron chi connectivity index (χ2n) is 4.84. The topological polar surface area (TPSA) is 63.8 Å². The summed E-state index contributed by atoms with van der Waals surface area (Å²) in [6.45, 7) is 3.96. The second kappa shape index (κ2) is 4.87. The number of halogens is 2. The monoisotopic (exact) mass is 267 g/mol. The summed E-state index contributed by atoms with van der Waals surface area (Å²) in [5.41, 5.74) is 5.76. The average Bonchev–Trinajstić information content (AvgIpc) is 2.57. The maximum absolute atomic E-state index is 13.7. The fourth-order valence-corrected chi connectivity index (χ4v) is 1.89. The van der Waals surface area contributed by atoms with Crippen molar-refractivity contribution in [2.24, 2.45) is 5.92 Å². The molecule has 0 radical (unpaired) electrons. The van der Waals surface area contributed by atoms with E-state index in [2.05, 4.69) is 5.10 Å². The van der Waals surface area contributed by atoms with Crippen LogP contribution in [-0.2, 0) is 6.42 Å². The molecule has 4 nitrogen and oxygen atoms in total. The van der Waals surface area contributed by atoms with E-state index in [-0.39, 0.29) is 11.4 Å². The lowest BCUT2D eigenvalue weighted by Crippen LogP contribution is -2.17. The highest BCUT2D eigenvalue weighted by Crippen LogP contribution is 2.16. The van der Waals surface area contributed by atoms with E-state index in [9.17, 15) is 13.6 Å². The maximum atomic E-state index is 13.7. The van der Waals surface area contributed by atoms with Crippen molar-refractivity contribution in [2.75, 3.05) is 5.73 Å². The van der Waals surface area contributed by atoms with Gasteiger partial charge in [0.1, 0.15) is 17.2 Å². The lowest BCUT2D eigenvalue weighted by Gasteiger charge is -2.04. The molecule has 1 aromatic carbocycles. The van der Waals surface area contributed by atoms with Gasteiger partial charge in [-0.25, -0.2) is 13.5 Å². The van der Waals surface area contributed by atoms with E-state index in [0.717, 1.165) is 16.8 Å². The summed E-state index contributed by atoms with van der Waals surface area (Å²) in [5.74, 6) is -1.22. The minimum absolute atomic E-state index is 0.0480. The number of nitrogens with zero attached hydrogens (tertiary/aromatic N) is 1. The highest BCUT2D eigenvalue weighted by Gasteiger charge is 2.16. The van der Waals surface area contributed by atoms with Crippen LogP contribution < -0.4 is 11.3 Å². The van der Waals surface area contributed by atoms with Gasteiger partial charge in [-0.15, -0.1) is 0 Å². The molecule has 0 fully saturated rings. The number of aromatic nitrogens is 2. The molecule has 3 N–H and O–H groups in total. The molecule has 0 saturated carbocycles. The molecule has 0 saturated heterocycles. The summed E-state index contributed by atoms with van der Waals surface area (Å²) >= 11 is 0. The molecular formula is C13H15F2N3O. The van der Waals surface area contributed by atoms with Crippen LogP contribution in [0.3, 0.4) is 0 Å². The number of hydrogen-bond donors (Lipinski definition) is 2. The zero-order valence-corrected chi connectivity index (χ0v) is 10.7. The third-order valence-electron chi connectivity index (χ3n) is 2.77. The van der Waals surface area contributed by atoms with Crippen molar-refractivity contribution in [3.63, 3.8) is 0 Å². The molecule has 0 aliphatic carbocycles. The minimum atomic E-state index is -0.820. The Kier molecular flexibility index (Phi) is 3.42. The van der Waals surface area contributed by atoms with Crippen molar-refractivity contribution < 1.29 is 8.78 Å². The Morgan fingerprint density at radius 3 is 2.63 bits per heavy atom. The van der Waals surface area contributed by atoms with Gasteiger partial charge in [0.2, 0.25) is 0 Å². The third-order valence-corrected chi connectivity index (χ3v) is 2.77. The van der Waals surface area contributed by atoms with Crippen LogP contribution in [-0.4, -0.2) is 9.78 Å². The lowest BCUT2D eigenvalue weighted by atomic mass is 10.1. The molecule has 0 amide bonds. The number of hydrogen-bond acceptors (Lipinski definition) is 2. The van der Waals surface area contributed by atoms with Crippen molar-refractivity contribution in [1.29, 1.82) is 0 Å². The van der Waals surface area contributed by atoms with Crippen LogP contribution in [0, 0.1) is 17.6 Å². The second-order valence-corrected chi connectivity index (χ2v) is 4.84. The molecule has 0 unspecified atom stereocenters. The van der Waals surface area contributed by atoms with Gasteiger partial charge >= 0.3 is 0 Å². The number of nitrogen functional groups attached to an aromatic ring is 1. The first kappa shape index (κ1) is 13.3. The van der Waals surface area contributed by atoms with Crippen LogP contribution in [0.5, 0.6) is 0 Å². The first-order chi connectivity index (χ1) is 8.90. The molecule has 6 heteroatoms. The molecule has 0 spiro atoms. The normalized spacial score (nSPS) is 11.2. The predicted octanol–water partition coefficient (Wildman–Crippen LogP) is 2.22. The molecule has 0 aliphatic rings. The van der Waals surface area contributed by atoms with E-state index in [4.69, 9.17) is 5.73 Å². The van der Waals surface area contributed by atoms with Gasteiger partial charge in [-0.05, 0) is 24.5 Å². The fourth-order valence-electron chi connectivity index (χ4n) is 1.89. The van der Waals surface area contributed by atoms with Gasteiger partial charge in [-0.2, -0.15) is 0 Å². The average molecular weight is 267 g/mol. The van der Waals surface area contributed by atoms with Crippen molar-refractivity contribution in [3.05, 3.63) is 45.9 Å². The largest absolute Gasteiger partial charge is 0.393 e. The van der Waals surface area contributed by atoms with Crippen LogP contribution in [0.15, 0.2) is 23.0 Å². The number of H-pyrrole nitrogens is 1. The summed E-state index contributed by atoms with van der Waals surface area (Å²) in [4.78, 5) is 12.0. The quantitative estimate of drug-likeness (QED) is 0.895. The molecule has 102 valence electrons. The Hall–Kier alpha value is -2.11.